The molecular formula is C20H15N3O3. The number of urea groups is 1. The van der Waals surface area contributed by atoms with Crippen molar-refractivity contribution in [2.45, 2.75) is 0 Å². The Morgan fingerprint density at radius 2 is 1.38 bits per heavy atom. The molecule has 3 aromatic rings. The van der Waals surface area contributed by atoms with Gasteiger partial charge in [0.15, 0.2) is 0 Å². The highest BCUT2D eigenvalue weighted by Gasteiger charge is 2.26. The first-order valence-electron chi connectivity index (χ1n) is 7.86. The van der Waals surface area contributed by atoms with Crippen LogP contribution in [0.2, 0.25) is 0 Å². The van der Waals surface area contributed by atoms with Gasteiger partial charge >= 0.3 is 6.03 Å². The van der Waals surface area contributed by atoms with Gasteiger partial charge in [-0.05, 0) is 36.4 Å². The van der Waals surface area contributed by atoms with Crippen molar-refractivity contribution in [3.05, 3.63) is 96.3 Å². The molecule has 0 bridgehead atoms. The normalized spacial score (nSPS) is 10.0. The van der Waals surface area contributed by atoms with Crippen molar-refractivity contribution in [1.82, 2.24) is 10.3 Å². The summed E-state index contributed by atoms with van der Waals surface area (Å²) < 4.78 is 0. The Bertz CT molecular complexity index is 913. The van der Waals surface area contributed by atoms with Crippen molar-refractivity contribution in [1.29, 1.82) is 0 Å². The second-order valence-corrected chi connectivity index (χ2v) is 5.34. The molecule has 0 aliphatic heterocycles. The van der Waals surface area contributed by atoms with E-state index in [9.17, 15) is 14.4 Å². The van der Waals surface area contributed by atoms with Crippen LogP contribution in [-0.4, -0.2) is 22.8 Å². The van der Waals surface area contributed by atoms with Crippen molar-refractivity contribution >= 4 is 23.5 Å². The second-order valence-electron chi connectivity index (χ2n) is 5.34. The third-order valence-corrected chi connectivity index (χ3v) is 3.59. The number of hydrogen-bond acceptors (Lipinski definition) is 4. The minimum atomic E-state index is -0.834. The van der Waals surface area contributed by atoms with Gasteiger partial charge in [0.2, 0.25) is 0 Å². The average molecular weight is 345 g/mol. The van der Waals surface area contributed by atoms with E-state index in [-0.39, 0.29) is 5.56 Å². The van der Waals surface area contributed by atoms with E-state index in [1.165, 1.54) is 18.5 Å². The number of hydrogen-bond donors (Lipinski definition) is 1. The van der Waals surface area contributed by atoms with Gasteiger partial charge < -0.3 is 0 Å². The lowest BCUT2D eigenvalue weighted by Crippen LogP contribution is -2.46. The number of rotatable bonds is 3. The predicted molar refractivity (Wildman–Crippen MR) is 96.8 cm³/mol. The highest BCUT2D eigenvalue weighted by molar-refractivity contribution is 6.23. The molecule has 0 unspecified atom stereocenters. The molecule has 4 amide bonds. The molecule has 0 radical (unpaired) electrons. The molecule has 6 nitrogen and oxygen atoms in total. The van der Waals surface area contributed by atoms with E-state index in [2.05, 4.69) is 10.3 Å². The third-order valence-electron chi connectivity index (χ3n) is 3.59. The van der Waals surface area contributed by atoms with Gasteiger partial charge in [-0.1, -0.05) is 36.4 Å². The topological polar surface area (TPSA) is 79.4 Å². The van der Waals surface area contributed by atoms with Gasteiger partial charge in [-0.15, -0.1) is 0 Å². The summed E-state index contributed by atoms with van der Waals surface area (Å²) in [6.45, 7) is 0. The number of amides is 4. The second kappa shape index (κ2) is 7.85. The summed E-state index contributed by atoms with van der Waals surface area (Å²) in [4.78, 5) is 42.6. The summed E-state index contributed by atoms with van der Waals surface area (Å²) in [5.74, 6) is -1.17. The summed E-state index contributed by atoms with van der Waals surface area (Å²) in [6.07, 6.45) is 2.86. The number of para-hydroxylation sites is 1. The maximum absolute atomic E-state index is 12.8. The Labute approximate surface area is 150 Å². The van der Waals surface area contributed by atoms with Crippen molar-refractivity contribution in [2.75, 3.05) is 4.90 Å². The fraction of sp³-hybridized carbons (Fsp3) is 0. The zero-order valence-corrected chi connectivity index (χ0v) is 13.7. The molecular weight excluding hydrogens is 330 g/mol. The number of aromatic nitrogens is 1. The van der Waals surface area contributed by atoms with Crippen LogP contribution in [0.15, 0.2) is 85.2 Å². The molecule has 0 spiro atoms. The lowest BCUT2D eigenvalue weighted by atomic mass is 10.2. The number of pyridine rings is 1. The SMILES string of the molecule is O=C(NC(=O)N(C(=O)c1ccccc1)c1ccccc1)c1cccnc1. The summed E-state index contributed by atoms with van der Waals surface area (Å²) in [6, 6.07) is 19.1. The van der Waals surface area contributed by atoms with Crippen LogP contribution in [0, 0.1) is 0 Å². The van der Waals surface area contributed by atoms with Gasteiger partial charge in [-0.3, -0.25) is 19.9 Å². The predicted octanol–water partition coefficient (Wildman–Crippen LogP) is 3.28. The van der Waals surface area contributed by atoms with Crippen LogP contribution in [0.4, 0.5) is 10.5 Å². The Morgan fingerprint density at radius 3 is 2.00 bits per heavy atom. The van der Waals surface area contributed by atoms with Gasteiger partial charge in [-0.25, -0.2) is 9.69 Å². The van der Waals surface area contributed by atoms with Crippen LogP contribution in [0.1, 0.15) is 20.7 Å². The molecule has 1 aromatic heterocycles. The molecule has 0 aliphatic carbocycles. The molecule has 26 heavy (non-hydrogen) atoms. The van der Waals surface area contributed by atoms with Crippen molar-refractivity contribution in [3.63, 3.8) is 0 Å². The molecule has 0 saturated heterocycles. The molecule has 1 N–H and O–H groups in total. The third kappa shape index (κ3) is 3.81. The Morgan fingerprint density at radius 1 is 0.769 bits per heavy atom. The highest BCUT2D eigenvalue weighted by Crippen LogP contribution is 2.17. The summed E-state index contributed by atoms with van der Waals surface area (Å²) in [5, 5.41) is 2.23. The van der Waals surface area contributed by atoms with Gasteiger partial charge in [-0.2, -0.15) is 0 Å². The van der Waals surface area contributed by atoms with Gasteiger partial charge in [0.05, 0.1) is 11.3 Å². The monoisotopic (exact) mass is 345 g/mol. The first-order chi connectivity index (χ1) is 12.7. The number of nitrogens with one attached hydrogen (secondary N) is 1. The largest absolute Gasteiger partial charge is 0.335 e. The Kier molecular flexibility index (Phi) is 5.14. The van der Waals surface area contributed by atoms with Crippen LogP contribution in [0.3, 0.4) is 0 Å². The lowest BCUT2D eigenvalue weighted by Gasteiger charge is -2.21. The number of imide groups is 2. The van der Waals surface area contributed by atoms with Gasteiger partial charge in [0.25, 0.3) is 11.8 Å². The van der Waals surface area contributed by atoms with Crippen LogP contribution < -0.4 is 10.2 Å². The molecule has 128 valence electrons. The minimum Gasteiger partial charge on any atom is -0.273 e. The van der Waals surface area contributed by atoms with Crippen molar-refractivity contribution in [3.8, 4) is 0 Å². The molecule has 0 atom stereocenters. The van der Waals surface area contributed by atoms with Gasteiger partial charge in [0.1, 0.15) is 0 Å². The first kappa shape index (κ1) is 17.0. The maximum atomic E-state index is 12.8. The molecule has 0 fully saturated rings. The highest BCUT2D eigenvalue weighted by atomic mass is 16.2. The van der Waals surface area contributed by atoms with Crippen LogP contribution in [0.25, 0.3) is 0 Å². The van der Waals surface area contributed by atoms with Crippen LogP contribution in [-0.2, 0) is 0 Å². The molecule has 2 aromatic carbocycles. The molecule has 0 aliphatic rings. The fourth-order valence-electron chi connectivity index (χ4n) is 2.34. The van der Waals surface area contributed by atoms with Crippen molar-refractivity contribution < 1.29 is 14.4 Å². The fourth-order valence-corrected chi connectivity index (χ4v) is 2.34. The summed E-state index contributed by atoms with van der Waals surface area (Å²) in [7, 11) is 0. The van der Waals surface area contributed by atoms with Crippen LogP contribution in [0.5, 0.6) is 0 Å². The zero-order chi connectivity index (χ0) is 18.4. The van der Waals surface area contributed by atoms with E-state index in [0.29, 0.717) is 11.3 Å². The van der Waals surface area contributed by atoms with Crippen LogP contribution >= 0.6 is 0 Å². The standard InChI is InChI=1S/C20H15N3O3/c24-18(16-10-7-13-21-14-16)22-20(26)23(17-11-5-2-6-12-17)19(25)15-8-3-1-4-9-15/h1-14H,(H,22,24,26). The number of benzene rings is 2. The zero-order valence-electron chi connectivity index (χ0n) is 13.7. The number of carbonyl (C=O) groups is 3. The Hall–Kier alpha value is -3.80. The van der Waals surface area contributed by atoms with Gasteiger partial charge in [0, 0.05) is 18.0 Å². The van der Waals surface area contributed by atoms with E-state index < -0.39 is 17.8 Å². The molecule has 0 saturated carbocycles. The average Bonchev–Trinajstić information content (AvgIpc) is 2.70. The summed E-state index contributed by atoms with van der Waals surface area (Å²) >= 11 is 0. The number of nitrogens with zero attached hydrogens (tertiary/aromatic N) is 2. The van der Waals surface area contributed by atoms with E-state index >= 15 is 0 Å². The number of anilines is 1. The van der Waals surface area contributed by atoms with E-state index in [4.69, 9.17) is 0 Å². The minimum absolute atomic E-state index is 0.223. The Balaban J connectivity index is 1.89. The smallest absolute Gasteiger partial charge is 0.273 e. The molecule has 6 heteroatoms. The quantitative estimate of drug-likeness (QED) is 0.790. The molecule has 1 heterocycles. The molecule has 3 rings (SSSR count). The summed E-state index contributed by atoms with van der Waals surface area (Å²) in [5.41, 5.74) is 0.916. The van der Waals surface area contributed by atoms with E-state index in [1.54, 1.807) is 66.7 Å². The maximum Gasteiger partial charge on any atom is 0.335 e. The number of carbonyl (C=O) groups excluding carboxylic acids is 3. The van der Waals surface area contributed by atoms with Crippen molar-refractivity contribution in [2.24, 2.45) is 0 Å². The van der Waals surface area contributed by atoms with E-state index in [1.807, 2.05) is 0 Å². The lowest BCUT2D eigenvalue weighted by molar-refractivity contribution is 0.0959. The first-order valence-corrected chi connectivity index (χ1v) is 7.86. The van der Waals surface area contributed by atoms with E-state index in [0.717, 1.165) is 4.90 Å².